The molecule has 0 amide bonds. The summed E-state index contributed by atoms with van der Waals surface area (Å²) in [6.07, 6.45) is 1.18. The van der Waals surface area contributed by atoms with E-state index in [9.17, 15) is 5.11 Å². The van der Waals surface area contributed by atoms with Gasteiger partial charge in [-0.1, -0.05) is 0 Å². The molecule has 6 heteroatoms. The van der Waals surface area contributed by atoms with Crippen molar-refractivity contribution in [2.24, 2.45) is 0 Å². The molecule has 0 aliphatic carbocycles. The molecule has 0 spiro atoms. The number of nitrogen functional groups attached to an aromatic ring is 1. The van der Waals surface area contributed by atoms with Gasteiger partial charge in [0.1, 0.15) is 17.5 Å². The predicted octanol–water partition coefficient (Wildman–Crippen LogP) is -0.175. The second-order valence-electron chi connectivity index (χ2n) is 3.67. The largest absolute Gasteiger partial charge is 0.393 e. The Balaban J connectivity index is 2.20. The third-order valence-electron chi connectivity index (χ3n) is 2.65. The van der Waals surface area contributed by atoms with E-state index in [4.69, 9.17) is 11.0 Å². The molecule has 6 nitrogen and oxygen atoms in total. The van der Waals surface area contributed by atoms with Crippen molar-refractivity contribution in [3.05, 3.63) is 5.56 Å². The summed E-state index contributed by atoms with van der Waals surface area (Å²) >= 11 is 0. The van der Waals surface area contributed by atoms with Crippen molar-refractivity contribution in [3.63, 3.8) is 0 Å². The normalized spacial score (nSPS) is 17.7. The number of aliphatic hydroxyl groups is 1. The molecule has 0 unspecified atom stereocenters. The number of piperidine rings is 1. The van der Waals surface area contributed by atoms with Crippen LogP contribution < -0.4 is 10.6 Å². The molecule has 0 atom stereocenters. The van der Waals surface area contributed by atoms with Crippen LogP contribution in [0.5, 0.6) is 0 Å². The highest BCUT2D eigenvalue weighted by molar-refractivity contribution is 5.64. The van der Waals surface area contributed by atoms with E-state index in [1.54, 1.807) is 0 Å². The zero-order valence-electron chi connectivity index (χ0n) is 8.27. The molecule has 1 aliphatic heterocycles. The van der Waals surface area contributed by atoms with Crippen molar-refractivity contribution in [1.82, 2.24) is 10.2 Å². The van der Waals surface area contributed by atoms with Gasteiger partial charge >= 0.3 is 0 Å². The van der Waals surface area contributed by atoms with Crippen molar-refractivity contribution < 1.29 is 5.11 Å². The van der Waals surface area contributed by atoms with E-state index in [0.717, 1.165) is 0 Å². The van der Waals surface area contributed by atoms with Gasteiger partial charge in [0, 0.05) is 13.1 Å². The van der Waals surface area contributed by atoms with Crippen LogP contribution in [-0.4, -0.2) is 34.5 Å². The summed E-state index contributed by atoms with van der Waals surface area (Å²) in [5.74, 6) is 0.903. The maximum Gasteiger partial charge on any atom is 0.170 e. The van der Waals surface area contributed by atoms with Gasteiger partial charge in [-0.15, -0.1) is 0 Å². The van der Waals surface area contributed by atoms with Crippen molar-refractivity contribution in [3.8, 4) is 6.07 Å². The van der Waals surface area contributed by atoms with Crippen LogP contribution in [0.3, 0.4) is 0 Å². The number of aromatic nitrogens is 2. The van der Waals surface area contributed by atoms with Crippen LogP contribution in [-0.2, 0) is 0 Å². The maximum atomic E-state index is 9.36. The summed E-state index contributed by atoms with van der Waals surface area (Å²) in [5, 5.41) is 24.9. The molecule has 1 aliphatic rings. The number of aromatic amines is 1. The molecule has 2 heterocycles. The third-order valence-corrected chi connectivity index (χ3v) is 2.65. The summed E-state index contributed by atoms with van der Waals surface area (Å²) in [6, 6.07) is 2.03. The van der Waals surface area contributed by atoms with Crippen molar-refractivity contribution >= 4 is 11.6 Å². The Labute approximate surface area is 87.3 Å². The number of aliphatic hydroxyl groups excluding tert-OH is 1. The van der Waals surface area contributed by atoms with Crippen LogP contribution in [0.1, 0.15) is 18.4 Å². The fourth-order valence-electron chi connectivity index (χ4n) is 1.76. The second kappa shape index (κ2) is 3.79. The lowest BCUT2D eigenvalue weighted by Gasteiger charge is -2.29. The van der Waals surface area contributed by atoms with E-state index >= 15 is 0 Å². The van der Waals surface area contributed by atoms with Crippen LogP contribution >= 0.6 is 0 Å². The van der Waals surface area contributed by atoms with E-state index in [0.29, 0.717) is 43.1 Å². The maximum absolute atomic E-state index is 9.36. The van der Waals surface area contributed by atoms with E-state index in [2.05, 4.69) is 10.2 Å². The van der Waals surface area contributed by atoms with Crippen molar-refractivity contribution in [1.29, 1.82) is 5.26 Å². The minimum Gasteiger partial charge on any atom is -0.393 e. The average molecular weight is 207 g/mol. The van der Waals surface area contributed by atoms with Crippen molar-refractivity contribution in [2.75, 3.05) is 23.7 Å². The standard InChI is InChI=1S/C9H13N5O/c10-5-7-8(11)12-13-9(7)14-3-1-6(15)2-4-14/h6,15H,1-4H2,(H3,11,12,13). The summed E-state index contributed by atoms with van der Waals surface area (Å²) in [5.41, 5.74) is 5.96. The Morgan fingerprint density at radius 3 is 2.80 bits per heavy atom. The smallest absolute Gasteiger partial charge is 0.170 e. The van der Waals surface area contributed by atoms with Gasteiger partial charge in [-0.2, -0.15) is 10.4 Å². The van der Waals surface area contributed by atoms with E-state index in [1.807, 2.05) is 11.0 Å². The number of nitriles is 1. The first-order valence-electron chi connectivity index (χ1n) is 4.89. The molecule has 0 bridgehead atoms. The van der Waals surface area contributed by atoms with Gasteiger partial charge in [0.2, 0.25) is 0 Å². The highest BCUT2D eigenvalue weighted by Crippen LogP contribution is 2.24. The van der Waals surface area contributed by atoms with Crippen LogP contribution in [0.25, 0.3) is 0 Å². The van der Waals surface area contributed by atoms with Gasteiger partial charge in [0.25, 0.3) is 0 Å². The minimum atomic E-state index is -0.233. The fraction of sp³-hybridized carbons (Fsp3) is 0.556. The first-order chi connectivity index (χ1) is 7.22. The van der Waals surface area contributed by atoms with Gasteiger partial charge in [0.15, 0.2) is 5.82 Å². The highest BCUT2D eigenvalue weighted by atomic mass is 16.3. The van der Waals surface area contributed by atoms with Gasteiger partial charge < -0.3 is 15.7 Å². The molecule has 0 saturated carbocycles. The quantitative estimate of drug-likeness (QED) is 0.593. The van der Waals surface area contributed by atoms with Crippen LogP contribution in [0, 0.1) is 11.3 Å². The van der Waals surface area contributed by atoms with Gasteiger partial charge in [-0.3, -0.25) is 5.10 Å². The summed E-state index contributed by atoms with van der Waals surface area (Å²) in [4.78, 5) is 1.97. The molecule has 0 radical (unpaired) electrons. The monoisotopic (exact) mass is 207 g/mol. The van der Waals surface area contributed by atoms with Gasteiger partial charge in [0.05, 0.1) is 6.10 Å². The lowest BCUT2D eigenvalue weighted by Crippen LogP contribution is -2.36. The molecule has 1 fully saturated rings. The number of nitrogens with zero attached hydrogens (tertiary/aromatic N) is 3. The molecule has 1 aromatic heterocycles. The van der Waals surface area contributed by atoms with Crippen LogP contribution in [0.4, 0.5) is 11.6 Å². The number of hydrogen-bond donors (Lipinski definition) is 3. The number of anilines is 2. The van der Waals surface area contributed by atoms with Crippen LogP contribution in [0.2, 0.25) is 0 Å². The Bertz CT molecular complexity index is 386. The number of nitrogens with two attached hydrogens (primary N) is 1. The molecule has 4 N–H and O–H groups in total. The fourth-order valence-corrected chi connectivity index (χ4v) is 1.76. The summed E-state index contributed by atoms with van der Waals surface area (Å²) in [7, 11) is 0. The Hall–Kier alpha value is -1.74. The number of hydrogen-bond acceptors (Lipinski definition) is 5. The van der Waals surface area contributed by atoms with E-state index < -0.39 is 0 Å². The number of rotatable bonds is 1. The van der Waals surface area contributed by atoms with Gasteiger partial charge in [-0.05, 0) is 12.8 Å². The Morgan fingerprint density at radius 2 is 2.20 bits per heavy atom. The zero-order valence-corrected chi connectivity index (χ0v) is 8.27. The average Bonchev–Trinajstić information content (AvgIpc) is 2.61. The Morgan fingerprint density at radius 1 is 1.53 bits per heavy atom. The molecular formula is C9H13N5O. The number of nitrogens with one attached hydrogen (secondary N) is 1. The zero-order chi connectivity index (χ0) is 10.8. The SMILES string of the molecule is N#Cc1c(N2CCC(O)CC2)n[nH]c1N. The molecular weight excluding hydrogens is 194 g/mol. The lowest BCUT2D eigenvalue weighted by molar-refractivity contribution is 0.145. The predicted molar refractivity (Wildman–Crippen MR) is 55.2 cm³/mol. The topological polar surface area (TPSA) is 102 Å². The third kappa shape index (κ3) is 1.74. The Kier molecular flexibility index (Phi) is 2.47. The number of H-pyrrole nitrogens is 1. The van der Waals surface area contributed by atoms with E-state index in [-0.39, 0.29) is 6.10 Å². The van der Waals surface area contributed by atoms with Crippen LogP contribution in [0.15, 0.2) is 0 Å². The molecule has 2 rings (SSSR count). The first kappa shape index (κ1) is 9.80. The molecule has 1 saturated heterocycles. The molecule has 0 aromatic carbocycles. The highest BCUT2D eigenvalue weighted by Gasteiger charge is 2.22. The first-order valence-corrected chi connectivity index (χ1v) is 4.89. The molecule has 1 aromatic rings. The summed E-state index contributed by atoms with van der Waals surface area (Å²) in [6.45, 7) is 1.42. The lowest BCUT2D eigenvalue weighted by atomic mass is 10.1. The second-order valence-corrected chi connectivity index (χ2v) is 3.67. The molecule has 15 heavy (non-hydrogen) atoms. The van der Waals surface area contributed by atoms with Crippen molar-refractivity contribution in [2.45, 2.75) is 18.9 Å². The van der Waals surface area contributed by atoms with Gasteiger partial charge in [-0.25, -0.2) is 0 Å². The molecule has 80 valence electrons. The minimum absolute atomic E-state index is 0.233. The van der Waals surface area contributed by atoms with E-state index in [1.165, 1.54) is 0 Å². The summed E-state index contributed by atoms with van der Waals surface area (Å²) < 4.78 is 0.